The van der Waals surface area contributed by atoms with Crippen LogP contribution >= 0.6 is 0 Å². The van der Waals surface area contributed by atoms with E-state index in [9.17, 15) is 9.59 Å². The summed E-state index contributed by atoms with van der Waals surface area (Å²) < 4.78 is 5.09. The largest absolute Gasteiger partial charge is 0.497 e. The third kappa shape index (κ3) is 2.80. The van der Waals surface area contributed by atoms with Crippen LogP contribution in [0.5, 0.6) is 5.75 Å². The van der Waals surface area contributed by atoms with Crippen LogP contribution in [0.1, 0.15) is 16.8 Å². The number of hydrogen-bond donors (Lipinski definition) is 1. The molecular weight excluding hydrogens is 232 g/mol. The van der Waals surface area contributed by atoms with Crippen molar-refractivity contribution in [2.24, 2.45) is 0 Å². The second-order valence-electron chi connectivity index (χ2n) is 4.16. The lowest BCUT2D eigenvalue weighted by atomic mass is 10.2. The quantitative estimate of drug-likeness (QED) is 0.836. The van der Waals surface area contributed by atoms with E-state index < -0.39 is 0 Å². The zero-order valence-corrected chi connectivity index (χ0v) is 10.3. The second-order valence-corrected chi connectivity index (χ2v) is 4.16. The van der Waals surface area contributed by atoms with Gasteiger partial charge < -0.3 is 15.0 Å². The fourth-order valence-electron chi connectivity index (χ4n) is 1.92. The monoisotopic (exact) mass is 248 g/mol. The SMILES string of the molecule is COc1cccc(C(=O)N2CCCNC(=O)C2)c1. The average molecular weight is 248 g/mol. The van der Waals surface area contributed by atoms with Gasteiger partial charge in [-0.05, 0) is 24.6 Å². The fraction of sp³-hybridized carbons (Fsp3) is 0.385. The molecule has 1 aliphatic rings. The summed E-state index contributed by atoms with van der Waals surface area (Å²) in [6.45, 7) is 1.34. The summed E-state index contributed by atoms with van der Waals surface area (Å²) in [6.07, 6.45) is 0.779. The number of benzene rings is 1. The molecule has 0 unspecified atom stereocenters. The van der Waals surface area contributed by atoms with Crippen LogP contribution in [0.3, 0.4) is 0 Å². The number of ether oxygens (including phenoxy) is 1. The summed E-state index contributed by atoms with van der Waals surface area (Å²) in [5, 5.41) is 2.75. The summed E-state index contributed by atoms with van der Waals surface area (Å²) in [5.74, 6) is 0.398. The Balaban J connectivity index is 2.16. The van der Waals surface area contributed by atoms with E-state index in [0.29, 0.717) is 24.4 Å². The first-order valence-corrected chi connectivity index (χ1v) is 5.91. The molecule has 2 amide bonds. The first-order chi connectivity index (χ1) is 8.70. The Morgan fingerprint density at radius 2 is 2.28 bits per heavy atom. The van der Waals surface area contributed by atoms with Gasteiger partial charge in [0, 0.05) is 18.7 Å². The van der Waals surface area contributed by atoms with Crippen molar-refractivity contribution < 1.29 is 14.3 Å². The average Bonchev–Trinajstić information content (AvgIpc) is 2.62. The zero-order valence-electron chi connectivity index (χ0n) is 10.3. The lowest BCUT2D eigenvalue weighted by molar-refractivity contribution is -0.121. The van der Waals surface area contributed by atoms with Crippen molar-refractivity contribution >= 4 is 11.8 Å². The predicted molar refractivity (Wildman–Crippen MR) is 66.5 cm³/mol. The molecule has 1 aromatic carbocycles. The van der Waals surface area contributed by atoms with Crippen LogP contribution < -0.4 is 10.1 Å². The van der Waals surface area contributed by atoms with Crippen LogP contribution in [0, 0.1) is 0 Å². The van der Waals surface area contributed by atoms with Gasteiger partial charge in [0.1, 0.15) is 5.75 Å². The van der Waals surface area contributed by atoms with E-state index in [-0.39, 0.29) is 18.4 Å². The van der Waals surface area contributed by atoms with E-state index >= 15 is 0 Å². The van der Waals surface area contributed by atoms with Gasteiger partial charge in [-0.2, -0.15) is 0 Å². The molecule has 1 saturated heterocycles. The molecule has 18 heavy (non-hydrogen) atoms. The molecule has 0 atom stereocenters. The molecule has 1 N–H and O–H groups in total. The van der Waals surface area contributed by atoms with Gasteiger partial charge >= 0.3 is 0 Å². The molecule has 96 valence electrons. The molecule has 0 saturated carbocycles. The van der Waals surface area contributed by atoms with Gasteiger partial charge in [0.2, 0.25) is 5.91 Å². The van der Waals surface area contributed by atoms with Crippen molar-refractivity contribution in [3.63, 3.8) is 0 Å². The number of carbonyl (C=O) groups excluding carboxylic acids is 2. The highest BCUT2D eigenvalue weighted by Gasteiger charge is 2.21. The smallest absolute Gasteiger partial charge is 0.254 e. The van der Waals surface area contributed by atoms with Crippen LogP contribution in [0.15, 0.2) is 24.3 Å². The Kier molecular flexibility index (Phi) is 3.82. The maximum absolute atomic E-state index is 12.3. The Labute approximate surface area is 106 Å². The number of nitrogens with zero attached hydrogens (tertiary/aromatic N) is 1. The molecule has 0 spiro atoms. The van der Waals surface area contributed by atoms with Crippen LogP contribution in [0.4, 0.5) is 0 Å². The van der Waals surface area contributed by atoms with Crippen molar-refractivity contribution in [1.29, 1.82) is 0 Å². The maximum Gasteiger partial charge on any atom is 0.254 e. The van der Waals surface area contributed by atoms with Crippen LogP contribution in [0.25, 0.3) is 0 Å². The molecular formula is C13H16N2O3. The minimum absolute atomic E-state index is 0.108. The molecule has 1 aromatic rings. The van der Waals surface area contributed by atoms with Gasteiger partial charge in [-0.25, -0.2) is 0 Å². The van der Waals surface area contributed by atoms with Gasteiger partial charge in [0.15, 0.2) is 0 Å². The van der Waals surface area contributed by atoms with Crippen molar-refractivity contribution in [2.45, 2.75) is 6.42 Å². The Bertz CT molecular complexity index is 459. The molecule has 0 bridgehead atoms. The summed E-state index contributed by atoms with van der Waals surface area (Å²) >= 11 is 0. The van der Waals surface area contributed by atoms with E-state index in [1.807, 2.05) is 0 Å². The highest BCUT2D eigenvalue weighted by Crippen LogP contribution is 2.14. The number of hydrogen-bond acceptors (Lipinski definition) is 3. The van der Waals surface area contributed by atoms with Gasteiger partial charge in [-0.15, -0.1) is 0 Å². The van der Waals surface area contributed by atoms with Gasteiger partial charge in [0.05, 0.1) is 13.7 Å². The summed E-state index contributed by atoms with van der Waals surface area (Å²) in [4.78, 5) is 25.2. The lowest BCUT2D eigenvalue weighted by Crippen LogP contribution is -2.37. The molecule has 0 aliphatic carbocycles. The summed E-state index contributed by atoms with van der Waals surface area (Å²) in [7, 11) is 1.56. The number of carbonyl (C=O) groups is 2. The molecule has 0 radical (unpaired) electrons. The van der Waals surface area contributed by atoms with E-state index in [4.69, 9.17) is 4.74 Å². The van der Waals surface area contributed by atoms with Crippen molar-refractivity contribution in [2.75, 3.05) is 26.7 Å². The number of nitrogens with one attached hydrogen (secondary N) is 1. The zero-order chi connectivity index (χ0) is 13.0. The third-order valence-electron chi connectivity index (χ3n) is 2.87. The van der Waals surface area contributed by atoms with E-state index in [1.54, 1.807) is 36.3 Å². The summed E-state index contributed by atoms with van der Waals surface area (Å²) in [5.41, 5.74) is 0.545. The van der Waals surface area contributed by atoms with E-state index in [0.717, 1.165) is 6.42 Å². The van der Waals surface area contributed by atoms with Crippen LogP contribution in [-0.2, 0) is 4.79 Å². The molecule has 5 nitrogen and oxygen atoms in total. The highest BCUT2D eigenvalue weighted by molar-refractivity contribution is 5.97. The Morgan fingerprint density at radius 3 is 3.06 bits per heavy atom. The standard InChI is InChI=1S/C13H16N2O3/c1-18-11-5-2-4-10(8-11)13(17)15-7-3-6-14-12(16)9-15/h2,4-5,8H,3,6-7,9H2,1H3,(H,14,16). The number of methoxy groups -OCH3 is 1. The normalized spacial score (nSPS) is 15.8. The second kappa shape index (κ2) is 5.53. The summed E-state index contributed by atoms with van der Waals surface area (Å²) in [6, 6.07) is 6.97. The van der Waals surface area contributed by atoms with Crippen molar-refractivity contribution in [3.05, 3.63) is 29.8 Å². The number of amides is 2. The van der Waals surface area contributed by atoms with Gasteiger partial charge in [0.25, 0.3) is 5.91 Å². The van der Waals surface area contributed by atoms with E-state index in [2.05, 4.69) is 5.32 Å². The van der Waals surface area contributed by atoms with Gasteiger partial charge in [-0.1, -0.05) is 6.07 Å². The van der Waals surface area contributed by atoms with Crippen LogP contribution in [-0.4, -0.2) is 43.5 Å². The molecule has 2 rings (SSSR count). The number of rotatable bonds is 2. The molecule has 1 aliphatic heterocycles. The topological polar surface area (TPSA) is 58.6 Å². The fourth-order valence-corrected chi connectivity index (χ4v) is 1.92. The van der Waals surface area contributed by atoms with Crippen molar-refractivity contribution in [3.8, 4) is 5.75 Å². The molecule has 1 heterocycles. The van der Waals surface area contributed by atoms with Crippen LogP contribution in [0.2, 0.25) is 0 Å². The first kappa shape index (κ1) is 12.4. The Morgan fingerprint density at radius 1 is 1.44 bits per heavy atom. The minimum Gasteiger partial charge on any atom is -0.497 e. The first-order valence-electron chi connectivity index (χ1n) is 5.91. The third-order valence-corrected chi connectivity index (χ3v) is 2.87. The molecule has 5 heteroatoms. The highest BCUT2D eigenvalue weighted by atomic mass is 16.5. The molecule has 1 fully saturated rings. The maximum atomic E-state index is 12.3. The molecule has 0 aromatic heterocycles. The Hall–Kier alpha value is -2.04. The minimum atomic E-state index is -0.133. The van der Waals surface area contributed by atoms with Gasteiger partial charge in [-0.3, -0.25) is 9.59 Å². The lowest BCUT2D eigenvalue weighted by Gasteiger charge is -2.19. The predicted octanol–water partition coefficient (Wildman–Crippen LogP) is 0.657. The van der Waals surface area contributed by atoms with Crippen molar-refractivity contribution in [1.82, 2.24) is 10.2 Å². The van der Waals surface area contributed by atoms with E-state index in [1.165, 1.54) is 0 Å².